The van der Waals surface area contributed by atoms with Gasteiger partial charge in [0.15, 0.2) is 0 Å². The number of halogens is 3. The smallest absolute Gasteiger partial charge is 0.379 e. The molecule has 1 aromatic carbocycles. The molecular weight excluding hydrogens is 331 g/mol. The van der Waals surface area contributed by atoms with Crippen LogP contribution in [0.3, 0.4) is 0 Å². The number of pyridine rings is 1. The summed E-state index contributed by atoms with van der Waals surface area (Å²) in [4.78, 5) is 6.27. The third-order valence-corrected chi connectivity index (χ3v) is 4.09. The number of ether oxygens (including phenoxy) is 1. The van der Waals surface area contributed by atoms with E-state index < -0.39 is 11.7 Å². The zero-order chi connectivity index (χ0) is 17.7. The van der Waals surface area contributed by atoms with Crippen LogP contribution in [0.4, 0.5) is 19.0 Å². The third kappa shape index (κ3) is 5.17. The minimum atomic E-state index is -4.36. The molecule has 134 valence electrons. The van der Waals surface area contributed by atoms with E-state index in [1.807, 2.05) is 24.3 Å². The van der Waals surface area contributed by atoms with Crippen molar-refractivity contribution in [1.82, 2.24) is 9.88 Å². The minimum absolute atomic E-state index is 0.215. The number of morpholine rings is 1. The third-order valence-electron chi connectivity index (χ3n) is 4.09. The van der Waals surface area contributed by atoms with Crippen molar-refractivity contribution in [1.29, 1.82) is 0 Å². The first-order chi connectivity index (χ1) is 12.0. The summed E-state index contributed by atoms with van der Waals surface area (Å²) >= 11 is 0. The fourth-order valence-electron chi connectivity index (χ4n) is 2.68. The molecule has 0 saturated carbocycles. The molecule has 1 fully saturated rings. The standard InChI is InChI=1S/C18H20F3N3O/c19-18(20,21)16-5-6-22-17(11-16)23-12-14-1-3-15(4-2-14)13-24-7-9-25-10-8-24/h1-6,11H,7-10,12-13H2,(H,22,23). The minimum Gasteiger partial charge on any atom is -0.379 e. The van der Waals surface area contributed by atoms with Gasteiger partial charge in [-0.15, -0.1) is 0 Å². The van der Waals surface area contributed by atoms with Crippen molar-refractivity contribution in [2.75, 3.05) is 31.6 Å². The van der Waals surface area contributed by atoms with E-state index in [9.17, 15) is 13.2 Å². The molecule has 0 bridgehead atoms. The maximum Gasteiger partial charge on any atom is 0.416 e. The normalized spacial score (nSPS) is 16.0. The van der Waals surface area contributed by atoms with Gasteiger partial charge < -0.3 is 10.1 Å². The number of nitrogens with one attached hydrogen (secondary N) is 1. The molecule has 0 unspecified atom stereocenters. The highest BCUT2D eigenvalue weighted by Gasteiger charge is 2.30. The predicted octanol–water partition coefficient (Wildman–Crippen LogP) is 3.54. The number of anilines is 1. The van der Waals surface area contributed by atoms with E-state index >= 15 is 0 Å². The molecule has 0 spiro atoms. The fraction of sp³-hybridized carbons (Fsp3) is 0.389. The number of benzene rings is 1. The summed E-state index contributed by atoms with van der Waals surface area (Å²) in [5.41, 5.74) is 1.50. The van der Waals surface area contributed by atoms with Crippen LogP contribution < -0.4 is 5.32 Å². The lowest BCUT2D eigenvalue weighted by atomic mass is 10.1. The van der Waals surface area contributed by atoms with Gasteiger partial charge in [0.25, 0.3) is 0 Å². The molecule has 0 amide bonds. The molecule has 1 aliphatic heterocycles. The van der Waals surface area contributed by atoms with E-state index in [1.165, 1.54) is 5.56 Å². The lowest BCUT2D eigenvalue weighted by Gasteiger charge is -2.26. The van der Waals surface area contributed by atoms with Crippen molar-refractivity contribution in [3.8, 4) is 0 Å². The molecule has 1 aliphatic rings. The van der Waals surface area contributed by atoms with Crippen LogP contribution in [0.15, 0.2) is 42.6 Å². The Morgan fingerprint density at radius 3 is 2.40 bits per heavy atom. The van der Waals surface area contributed by atoms with Gasteiger partial charge in [0.05, 0.1) is 18.8 Å². The number of nitrogens with zero attached hydrogens (tertiary/aromatic N) is 2. The molecular formula is C18H20F3N3O. The van der Waals surface area contributed by atoms with Gasteiger partial charge in [0, 0.05) is 32.4 Å². The van der Waals surface area contributed by atoms with Crippen LogP contribution >= 0.6 is 0 Å². The Morgan fingerprint density at radius 1 is 1.04 bits per heavy atom. The summed E-state index contributed by atoms with van der Waals surface area (Å²) < 4.78 is 43.4. The van der Waals surface area contributed by atoms with Crippen molar-refractivity contribution in [3.63, 3.8) is 0 Å². The molecule has 2 heterocycles. The topological polar surface area (TPSA) is 37.4 Å². The van der Waals surface area contributed by atoms with Crippen LogP contribution in [-0.2, 0) is 24.0 Å². The summed E-state index contributed by atoms with van der Waals surface area (Å²) in [6.45, 7) is 4.71. The zero-order valence-corrected chi connectivity index (χ0v) is 13.7. The molecule has 0 atom stereocenters. The van der Waals surface area contributed by atoms with Crippen LogP contribution in [0.5, 0.6) is 0 Å². The first-order valence-corrected chi connectivity index (χ1v) is 8.16. The number of hydrogen-bond donors (Lipinski definition) is 1. The zero-order valence-electron chi connectivity index (χ0n) is 13.7. The molecule has 3 rings (SSSR count). The molecule has 0 radical (unpaired) electrons. The van der Waals surface area contributed by atoms with Gasteiger partial charge in [-0.05, 0) is 23.3 Å². The monoisotopic (exact) mass is 351 g/mol. The van der Waals surface area contributed by atoms with Gasteiger partial charge in [-0.25, -0.2) is 4.98 Å². The van der Waals surface area contributed by atoms with Crippen molar-refractivity contribution in [3.05, 3.63) is 59.3 Å². The Kier molecular flexibility index (Phi) is 5.55. The number of alkyl halides is 3. The SMILES string of the molecule is FC(F)(F)c1ccnc(NCc2ccc(CN3CCOCC3)cc2)c1. The lowest BCUT2D eigenvalue weighted by Crippen LogP contribution is -2.35. The first-order valence-electron chi connectivity index (χ1n) is 8.16. The Morgan fingerprint density at radius 2 is 1.72 bits per heavy atom. The summed E-state index contributed by atoms with van der Waals surface area (Å²) in [5.74, 6) is 0.215. The summed E-state index contributed by atoms with van der Waals surface area (Å²) in [7, 11) is 0. The van der Waals surface area contributed by atoms with E-state index in [0.29, 0.717) is 6.54 Å². The highest BCUT2D eigenvalue weighted by atomic mass is 19.4. The molecule has 4 nitrogen and oxygen atoms in total. The van der Waals surface area contributed by atoms with E-state index in [0.717, 1.165) is 56.7 Å². The summed E-state index contributed by atoms with van der Waals surface area (Å²) in [6.07, 6.45) is -3.20. The molecule has 1 N–H and O–H groups in total. The molecule has 2 aromatic rings. The highest BCUT2D eigenvalue weighted by molar-refractivity contribution is 5.39. The molecule has 1 saturated heterocycles. The van der Waals surface area contributed by atoms with E-state index in [4.69, 9.17) is 4.74 Å². The number of aromatic nitrogens is 1. The average Bonchev–Trinajstić information content (AvgIpc) is 2.62. The lowest BCUT2D eigenvalue weighted by molar-refractivity contribution is -0.137. The Labute approximate surface area is 144 Å². The van der Waals surface area contributed by atoms with Gasteiger partial charge in [0.2, 0.25) is 0 Å². The fourth-order valence-corrected chi connectivity index (χ4v) is 2.68. The van der Waals surface area contributed by atoms with Crippen LogP contribution in [-0.4, -0.2) is 36.2 Å². The largest absolute Gasteiger partial charge is 0.416 e. The first kappa shape index (κ1) is 17.7. The molecule has 0 aliphatic carbocycles. The Hall–Kier alpha value is -2.12. The van der Waals surface area contributed by atoms with Crippen molar-refractivity contribution in [2.24, 2.45) is 0 Å². The van der Waals surface area contributed by atoms with Crippen LogP contribution in [0.2, 0.25) is 0 Å². The van der Waals surface area contributed by atoms with Gasteiger partial charge in [0.1, 0.15) is 5.82 Å². The molecule has 25 heavy (non-hydrogen) atoms. The molecule has 1 aromatic heterocycles. The van der Waals surface area contributed by atoms with Gasteiger partial charge in [-0.1, -0.05) is 24.3 Å². The van der Waals surface area contributed by atoms with Crippen molar-refractivity contribution >= 4 is 5.82 Å². The summed E-state index contributed by atoms with van der Waals surface area (Å²) in [6, 6.07) is 10.0. The van der Waals surface area contributed by atoms with E-state index in [1.54, 1.807) is 0 Å². The second-order valence-corrected chi connectivity index (χ2v) is 5.99. The second kappa shape index (κ2) is 7.84. The van der Waals surface area contributed by atoms with Gasteiger partial charge >= 0.3 is 6.18 Å². The van der Waals surface area contributed by atoms with Crippen LogP contribution in [0.1, 0.15) is 16.7 Å². The van der Waals surface area contributed by atoms with Crippen molar-refractivity contribution < 1.29 is 17.9 Å². The average molecular weight is 351 g/mol. The summed E-state index contributed by atoms with van der Waals surface area (Å²) in [5, 5.41) is 2.94. The second-order valence-electron chi connectivity index (χ2n) is 5.99. The van der Waals surface area contributed by atoms with E-state index in [2.05, 4.69) is 15.2 Å². The predicted molar refractivity (Wildman–Crippen MR) is 89.1 cm³/mol. The quantitative estimate of drug-likeness (QED) is 0.894. The van der Waals surface area contributed by atoms with Crippen LogP contribution in [0, 0.1) is 0 Å². The Bertz CT molecular complexity index is 683. The number of hydrogen-bond acceptors (Lipinski definition) is 4. The molecule has 7 heteroatoms. The maximum atomic E-state index is 12.7. The Balaban J connectivity index is 1.55. The van der Waals surface area contributed by atoms with Gasteiger partial charge in [-0.2, -0.15) is 13.2 Å². The van der Waals surface area contributed by atoms with Gasteiger partial charge in [-0.3, -0.25) is 4.90 Å². The van der Waals surface area contributed by atoms with Crippen molar-refractivity contribution in [2.45, 2.75) is 19.3 Å². The van der Waals surface area contributed by atoms with E-state index in [-0.39, 0.29) is 5.82 Å². The number of rotatable bonds is 5. The highest BCUT2D eigenvalue weighted by Crippen LogP contribution is 2.29. The maximum absolute atomic E-state index is 12.7. The van der Waals surface area contributed by atoms with Crippen LogP contribution in [0.25, 0.3) is 0 Å².